The van der Waals surface area contributed by atoms with Gasteiger partial charge in [-0.25, -0.2) is 0 Å². The molecule has 24 heavy (non-hydrogen) atoms. The van der Waals surface area contributed by atoms with Crippen molar-refractivity contribution in [2.75, 3.05) is 17.3 Å². The lowest BCUT2D eigenvalue weighted by Crippen LogP contribution is -2.36. The number of nitrogens with two attached hydrogens (primary N) is 1. The van der Waals surface area contributed by atoms with E-state index in [0.717, 1.165) is 23.4 Å². The Kier molecular flexibility index (Phi) is 5.11. The number of benzene rings is 2. The summed E-state index contributed by atoms with van der Waals surface area (Å²) in [6.45, 7) is 3.06. The average Bonchev–Trinajstić information content (AvgIpc) is 2.92. The van der Waals surface area contributed by atoms with Gasteiger partial charge in [-0.3, -0.25) is 4.79 Å². The standard InChI is InChI=1S/C19H23N3OS/c1-3-22-17-7-5-4-6-14(17)15-12-13(8-9-18(15)22)21-19(23)16(20)10-11-24-2/h4-9,12,16H,3,10-11,20H2,1-2H3,(H,21,23)/t16-/m0/s1. The van der Waals surface area contributed by atoms with Crippen LogP contribution in [0, 0.1) is 0 Å². The molecule has 1 amide bonds. The maximum absolute atomic E-state index is 12.2. The number of hydrogen-bond donors (Lipinski definition) is 2. The highest BCUT2D eigenvalue weighted by atomic mass is 32.2. The molecule has 0 spiro atoms. The summed E-state index contributed by atoms with van der Waals surface area (Å²) in [7, 11) is 0. The van der Waals surface area contributed by atoms with Crippen molar-refractivity contribution in [3.63, 3.8) is 0 Å². The first kappa shape index (κ1) is 16.9. The van der Waals surface area contributed by atoms with Gasteiger partial charge in [0.25, 0.3) is 0 Å². The first-order chi connectivity index (χ1) is 11.7. The Hall–Kier alpha value is -1.98. The Balaban J connectivity index is 1.94. The van der Waals surface area contributed by atoms with E-state index in [0.29, 0.717) is 6.42 Å². The minimum Gasteiger partial charge on any atom is -0.341 e. The average molecular weight is 341 g/mol. The Labute approximate surface area is 146 Å². The fraction of sp³-hybridized carbons (Fsp3) is 0.316. The van der Waals surface area contributed by atoms with Crippen molar-refractivity contribution in [3.05, 3.63) is 42.5 Å². The van der Waals surface area contributed by atoms with Gasteiger partial charge in [-0.05, 0) is 49.6 Å². The SMILES string of the molecule is CCn1c2ccccc2c2cc(NC(=O)[C@@H](N)CCSC)ccc21. The number of para-hydroxylation sites is 1. The first-order valence-corrected chi connectivity index (χ1v) is 9.61. The van der Waals surface area contributed by atoms with Gasteiger partial charge < -0.3 is 15.6 Å². The van der Waals surface area contributed by atoms with Gasteiger partial charge in [0, 0.05) is 34.0 Å². The summed E-state index contributed by atoms with van der Waals surface area (Å²) >= 11 is 1.70. The molecule has 0 unspecified atom stereocenters. The molecule has 126 valence electrons. The zero-order chi connectivity index (χ0) is 17.1. The molecule has 0 aliphatic rings. The number of fused-ring (bicyclic) bond motifs is 3. The highest BCUT2D eigenvalue weighted by molar-refractivity contribution is 7.98. The Morgan fingerprint density at radius 1 is 1.21 bits per heavy atom. The quantitative estimate of drug-likeness (QED) is 0.716. The summed E-state index contributed by atoms with van der Waals surface area (Å²) in [6.07, 6.45) is 2.70. The maximum Gasteiger partial charge on any atom is 0.241 e. The lowest BCUT2D eigenvalue weighted by Gasteiger charge is -2.12. The van der Waals surface area contributed by atoms with Gasteiger partial charge in [0.15, 0.2) is 0 Å². The predicted molar refractivity (Wildman–Crippen MR) is 105 cm³/mol. The maximum atomic E-state index is 12.2. The molecule has 3 rings (SSSR count). The number of nitrogens with zero attached hydrogens (tertiary/aromatic N) is 1. The minimum atomic E-state index is -0.467. The monoisotopic (exact) mass is 341 g/mol. The summed E-state index contributed by atoms with van der Waals surface area (Å²) in [5.41, 5.74) is 9.15. The Morgan fingerprint density at radius 3 is 2.71 bits per heavy atom. The second-order valence-corrected chi connectivity index (χ2v) is 6.86. The molecule has 0 saturated carbocycles. The molecule has 3 aromatic rings. The van der Waals surface area contributed by atoms with Crippen LogP contribution < -0.4 is 11.1 Å². The molecular weight excluding hydrogens is 318 g/mol. The van der Waals surface area contributed by atoms with E-state index < -0.39 is 6.04 Å². The number of thioether (sulfide) groups is 1. The zero-order valence-electron chi connectivity index (χ0n) is 14.1. The second kappa shape index (κ2) is 7.28. The smallest absolute Gasteiger partial charge is 0.241 e. The fourth-order valence-electron chi connectivity index (χ4n) is 3.08. The molecule has 5 heteroatoms. The largest absolute Gasteiger partial charge is 0.341 e. The summed E-state index contributed by atoms with van der Waals surface area (Å²) in [4.78, 5) is 12.2. The van der Waals surface area contributed by atoms with E-state index in [2.05, 4.69) is 41.1 Å². The summed E-state index contributed by atoms with van der Waals surface area (Å²) in [5, 5.41) is 5.31. The van der Waals surface area contributed by atoms with Crippen molar-refractivity contribution >= 4 is 45.2 Å². The van der Waals surface area contributed by atoms with Crippen LogP contribution in [0.3, 0.4) is 0 Å². The second-order valence-electron chi connectivity index (χ2n) is 5.87. The number of carbonyl (C=O) groups is 1. The van der Waals surface area contributed by atoms with Crippen molar-refractivity contribution < 1.29 is 4.79 Å². The lowest BCUT2D eigenvalue weighted by molar-refractivity contribution is -0.117. The number of hydrogen-bond acceptors (Lipinski definition) is 3. The van der Waals surface area contributed by atoms with Gasteiger partial charge in [-0.1, -0.05) is 18.2 Å². The fourth-order valence-corrected chi connectivity index (χ4v) is 3.57. The van der Waals surface area contributed by atoms with Crippen LogP contribution in [0.5, 0.6) is 0 Å². The Bertz CT molecular complexity index is 872. The van der Waals surface area contributed by atoms with Gasteiger partial charge in [0.1, 0.15) is 0 Å². The highest BCUT2D eigenvalue weighted by Gasteiger charge is 2.14. The van der Waals surface area contributed by atoms with E-state index in [1.165, 1.54) is 16.4 Å². The Morgan fingerprint density at radius 2 is 1.96 bits per heavy atom. The molecule has 0 aliphatic heterocycles. The third-order valence-corrected chi connectivity index (χ3v) is 4.97. The third-order valence-electron chi connectivity index (χ3n) is 4.33. The molecule has 0 bridgehead atoms. The van der Waals surface area contributed by atoms with Gasteiger partial charge >= 0.3 is 0 Å². The highest BCUT2D eigenvalue weighted by Crippen LogP contribution is 2.30. The van der Waals surface area contributed by atoms with Gasteiger partial charge in [0.05, 0.1) is 6.04 Å². The third kappa shape index (κ3) is 3.14. The van der Waals surface area contributed by atoms with Crippen LogP contribution in [-0.2, 0) is 11.3 Å². The molecule has 1 heterocycles. The molecule has 0 saturated heterocycles. The summed E-state index contributed by atoms with van der Waals surface area (Å²) in [5.74, 6) is 0.764. The van der Waals surface area contributed by atoms with Gasteiger partial charge in [-0.2, -0.15) is 11.8 Å². The van der Waals surface area contributed by atoms with Crippen molar-refractivity contribution in [1.82, 2.24) is 4.57 Å². The first-order valence-electron chi connectivity index (χ1n) is 8.22. The van der Waals surface area contributed by atoms with Crippen molar-refractivity contribution in [2.24, 2.45) is 5.73 Å². The molecule has 4 nitrogen and oxygen atoms in total. The van der Waals surface area contributed by atoms with Crippen molar-refractivity contribution in [2.45, 2.75) is 25.9 Å². The molecular formula is C19H23N3OS. The molecule has 1 aromatic heterocycles. The van der Waals surface area contributed by atoms with E-state index in [-0.39, 0.29) is 5.91 Å². The number of anilines is 1. The van der Waals surface area contributed by atoms with E-state index in [1.54, 1.807) is 11.8 Å². The number of aryl methyl sites for hydroxylation is 1. The van der Waals surface area contributed by atoms with E-state index in [9.17, 15) is 4.79 Å². The van der Waals surface area contributed by atoms with Crippen LogP contribution in [0.2, 0.25) is 0 Å². The predicted octanol–water partition coefficient (Wildman–Crippen LogP) is 3.83. The van der Waals surface area contributed by atoms with E-state index >= 15 is 0 Å². The van der Waals surface area contributed by atoms with Crippen LogP contribution in [-0.4, -0.2) is 28.5 Å². The van der Waals surface area contributed by atoms with Crippen LogP contribution in [0.1, 0.15) is 13.3 Å². The molecule has 1 atom stereocenters. The number of carbonyl (C=O) groups excluding carboxylic acids is 1. The van der Waals surface area contributed by atoms with Crippen molar-refractivity contribution in [1.29, 1.82) is 0 Å². The van der Waals surface area contributed by atoms with Crippen molar-refractivity contribution in [3.8, 4) is 0 Å². The minimum absolute atomic E-state index is 0.123. The normalized spacial score (nSPS) is 12.6. The van der Waals surface area contributed by atoms with Gasteiger partial charge in [-0.15, -0.1) is 0 Å². The topological polar surface area (TPSA) is 60.0 Å². The van der Waals surface area contributed by atoms with Crippen LogP contribution in [0.25, 0.3) is 21.8 Å². The van der Waals surface area contributed by atoms with E-state index in [4.69, 9.17) is 5.73 Å². The lowest BCUT2D eigenvalue weighted by atomic mass is 10.1. The van der Waals surface area contributed by atoms with Gasteiger partial charge in [0.2, 0.25) is 5.91 Å². The number of nitrogens with one attached hydrogen (secondary N) is 1. The molecule has 0 aliphatic carbocycles. The molecule has 2 aromatic carbocycles. The number of rotatable bonds is 6. The number of amides is 1. The van der Waals surface area contributed by atoms with Crippen LogP contribution in [0.15, 0.2) is 42.5 Å². The van der Waals surface area contributed by atoms with Crippen LogP contribution >= 0.6 is 11.8 Å². The van der Waals surface area contributed by atoms with E-state index in [1.807, 2.05) is 24.5 Å². The molecule has 0 radical (unpaired) electrons. The molecule has 0 fully saturated rings. The zero-order valence-corrected chi connectivity index (χ0v) is 14.9. The van der Waals surface area contributed by atoms with Crippen LogP contribution in [0.4, 0.5) is 5.69 Å². The summed E-state index contributed by atoms with van der Waals surface area (Å²) < 4.78 is 2.29. The summed E-state index contributed by atoms with van der Waals surface area (Å²) in [6, 6.07) is 14.0. The number of aromatic nitrogens is 1. The molecule has 3 N–H and O–H groups in total.